The maximum absolute atomic E-state index is 5.58. The van der Waals surface area contributed by atoms with Crippen molar-refractivity contribution in [3.8, 4) is 0 Å². The van der Waals surface area contributed by atoms with Gasteiger partial charge in [0.05, 0.1) is 0 Å². The van der Waals surface area contributed by atoms with E-state index in [1.54, 1.807) is 0 Å². The topological polar surface area (TPSA) is 21.7 Å². The van der Waals surface area contributed by atoms with E-state index in [-0.39, 0.29) is 6.29 Å². The lowest BCUT2D eigenvalue weighted by molar-refractivity contribution is -0.120. The van der Waals surface area contributed by atoms with Gasteiger partial charge in [0.2, 0.25) is 0 Å². The van der Waals surface area contributed by atoms with Crippen LogP contribution < -0.4 is 0 Å². The lowest BCUT2D eigenvalue weighted by Crippen LogP contribution is -2.39. The van der Waals surface area contributed by atoms with E-state index in [0.29, 0.717) is 6.04 Å². The number of ether oxygens (including phenoxy) is 2. The van der Waals surface area contributed by atoms with Crippen LogP contribution in [0.1, 0.15) is 40.5 Å². The summed E-state index contributed by atoms with van der Waals surface area (Å²) in [6, 6.07) is 0.690. The molecule has 0 saturated carbocycles. The molecule has 108 valence electrons. The second-order valence-electron chi connectivity index (χ2n) is 5.00. The van der Waals surface area contributed by atoms with Crippen LogP contribution in [0, 0.1) is 0 Å². The summed E-state index contributed by atoms with van der Waals surface area (Å²) in [7, 11) is 0. The summed E-state index contributed by atoms with van der Waals surface area (Å²) in [6.45, 7) is 12.6. The average Bonchev–Trinajstić information content (AvgIpc) is 2.37. The highest BCUT2D eigenvalue weighted by atomic mass is 32.2. The molecular weight excluding hydrogens is 246 g/mol. The Labute approximate surface area is 117 Å². The third-order valence-electron chi connectivity index (χ3n) is 3.38. The predicted molar refractivity (Wildman–Crippen MR) is 79.2 cm³/mol. The molecule has 0 radical (unpaired) electrons. The van der Waals surface area contributed by atoms with Crippen molar-refractivity contribution < 1.29 is 9.47 Å². The Morgan fingerprint density at radius 3 is 2.11 bits per heavy atom. The number of hydrogen-bond acceptors (Lipinski definition) is 4. The van der Waals surface area contributed by atoms with Crippen molar-refractivity contribution in [2.24, 2.45) is 0 Å². The molecule has 0 unspecified atom stereocenters. The number of hydrogen-bond donors (Lipinski definition) is 0. The summed E-state index contributed by atoms with van der Waals surface area (Å²) in [5.41, 5.74) is 0. The first-order valence-electron chi connectivity index (χ1n) is 7.26. The first kappa shape index (κ1) is 16.3. The van der Waals surface area contributed by atoms with Crippen molar-refractivity contribution in [1.29, 1.82) is 0 Å². The van der Waals surface area contributed by atoms with E-state index >= 15 is 0 Å². The zero-order valence-electron chi connectivity index (χ0n) is 12.4. The Morgan fingerprint density at radius 2 is 1.67 bits per heavy atom. The smallest absolute Gasteiger partial charge is 0.166 e. The highest BCUT2D eigenvalue weighted by Crippen LogP contribution is 2.25. The Bertz CT molecular complexity index is 200. The van der Waals surface area contributed by atoms with E-state index in [9.17, 15) is 0 Å². The Balaban J connectivity index is 2.19. The summed E-state index contributed by atoms with van der Waals surface area (Å²) in [5.74, 6) is 0.966. The predicted octanol–water partition coefficient (Wildman–Crippen LogP) is 2.99. The molecule has 0 aromatic heterocycles. The molecule has 0 aromatic carbocycles. The van der Waals surface area contributed by atoms with Crippen LogP contribution in [0.3, 0.4) is 0 Å². The fraction of sp³-hybridized carbons (Fsp3) is 1.00. The van der Waals surface area contributed by atoms with Crippen molar-refractivity contribution in [3.05, 3.63) is 0 Å². The molecule has 1 fully saturated rings. The fourth-order valence-corrected chi connectivity index (χ4v) is 3.46. The van der Waals surface area contributed by atoms with Crippen molar-refractivity contribution in [1.82, 2.24) is 4.90 Å². The first-order chi connectivity index (χ1) is 8.67. The molecule has 0 amide bonds. The number of likely N-dealkylation sites (tertiary alicyclic amines) is 1. The molecule has 4 heteroatoms. The molecule has 0 bridgehead atoms. The van der Waals surface area contributed by atoms with Gasteiger partial charge in [-0.1, -0.05) is 0 Å². The maximum atomic E-state index is 5.58. The van der Waals surface area contributed by atoms with Gasteiger partial charge in [0.15, 0.2) is 6.29 Å². The number of piperidine rings is 1. The van der Waals surface area contributed by atoms with E-state index in [4.69, 9.17) is 9.47 Å². The van der Waals surface area contributed by atoms with Gasteiger partial charge in [0, 0.05) is 30.3 Å². The van der Waals surface area contributed by atoms with E-state index in [2.05, 4.69) is 18.7 Å². The Morgan fingerprint density at radius 1 is 1.11 bits per heavy atom. The summed E-state index contributed by atoms with van der Waals surface area (Å²) in [6.07, 6.45) is 2.58. The van der Waals surface area contributed by atoms with E-state index < -0.39 is 0 Å². The minimum atomic E-state index is -0.0203. The molecule has 0 spiro atoms. The molecule has 0 N–H and O–H groups in total. The molecule has 3 nitrogen and oxygen atoms in total. The van der Waals surface area contributed by atoms with Crippen LogP contribution in [-0.2, 0) is 9.47 Å². The molecule has 1 rings (SSSR count). The van der Waals surface area contributed by atoms with Gasteiger partial charge in [-0.2, -0.15) is 11.8 Å². The van der Waals surface area contributed by atoms with E-state index in [0.717, 1.165) is 24.2 Å². The number of rotatable bonds is 8. The van der Waals surface area contributed by atoms with Gasteiger partial charge in [-0.3, -0.25) is 0 Å². The summed E-state index contributed by atoms with van der Waals surface area (Å²) < 4.78 is 11.2. The van der Waals surface area contributed by atoms with Gasteiger partial charge in [0.1, 0.15) is 0 Å². The zero-order valence-corrected chi connectivity index (χ0v) is 13.2. The summed E-state index contributed by atoms with van der Waals surface area (Å²) in [4.78, 5) is 2.57. The molecule has 0 aliphatic carbocycles. The quantitative estimate of drug-likeness (QED) is 0.635. The van der Waals surface area contributed by atoms with E-state index in [1.807, 2.05) is 25.6 Å². The largest absolute Gasteiger partial charge is 0.352 e. The van der Waals surface area contributed by atoms with Gasteiger partial charge >= 0.3 is 0 Å². The third kappa shape index (κ3) is 5.91. The van der Waals surface area contributed by atoms with Gasteiger partial charge in [0.25, 0.3) is 0 Å². The van der Waals surface area contributed by atoms with E-state index in [1.165, 1.54) is 25.9 Å². The van der Waals surface area contributed by atoms with Crippen molar-refractivity contribution in [3.63, 3.8) is 0 Å². The SMILES string of the molecule is CCOC(CSC1CCN(C(C)C)CC1)OCC. The molecule has 0 aromatic rings. The van der Waals surface area contributed by atoms with Gasteiger partial charge in [-0.05, 0) is 53.6 Å². The minimum absolute atomic E-state index is 0.0203. The van der Waals surface area contributed by atoms with Gasteiger partial charge in [-0.25, -0.2) is 0 Å². The fourth-order valence-electron chi connectivity index (χ4n) is 2.29. The van der Waals surface area contributed by atoms with Crippen LogP contribution in [0.2, 0.25) is 0 Å². The van der Waals surface area contributed by atoms with Crippen molar-refractivity contribution >= 4 is 11.8 Å². The Hall–Kier alpha value is 0.230. The molecular formula is C14H29NO2S. The first-order valence-corrected chi connectivity index (χ1v) is 8.31. The highest BCUT2D eigenvalue weighted by Gasteiger charge is 2.22. The van der Waals surface area contributed by atoms with Gasteiger partial charge < -0.3 is 14.4 Å². The molecule has 0 atom stereocenters. The van der Waals surface area contributed by atoms with Crippen molar-refractivity contribution in [2.45, 2.75) is 58.1 Å². The third-order valence-corrected chi connectivity index (χ3v) is 4.79. The lowest BCUT2D eigenvalue weighted by Gasteiger charge is -2.34. The summed E-state index contributed by atoms with van der Waals surface area (Å²) >= 11 is 2.02. The Kier molecular flexibility index (Phi) is 8.31. The van der Waals surface area contributed by atoms with Crippen molar-refractivity contribution in [2.75, 3.05) is 32.1 Å². The molecule has 1 saturated heterocycles. The molecule has 18 heavy (non-hydrogen) atoms. The lowest BCUT2D eigenvalue weighted by atomic mass is 10.1. The van der Waals surface area contributed by atoms with Crippen LogP contribution in [0.25, 0.3) is 0 Å². The summed E-state index contributed by atoms with van der Waals surface area (Å²) in [5, 5.41) is 0.781. The monoisotopic (exact) mass is 275 g/mol. The molecule has 1 aliphatic rings. The maximum Gasteiger partial charge on any atom is 0.166 e. The highest BCUT2D eigenvalue weighted by molar-refractivity contribution is 7.99. The van der Waals surface area contributed by atoms with Crippen LogP contribution in [0.4, 0.5) is 0 Å². The minimum Gasteiger partial charge on any atom is -0.352 e. The normalized spacial score (nSPS) is 19.0. The second kappa shape index (κ2) is 9.18. The van der Waals surface area contributed by atoms with Crippen LogP contribution in [0.5, 0.6) is 0 Å². The zero-order chi connectivity index (χ0) is 13.4. The van der Waals surface area contributed by atoms with Crippen LogP contribution in [0.15, 0.2) is 0 Å². The molecule has 1 aliphatic heterocycles. The number of thioether (sulfide) groups is 1. The second-order valence-corrected chi connectivity index (χ2v) is 6.34. The average molecular weight is 275 g/mol. The van der Waals surface area contributed by atoms with Gasteiger partial charge in [-0.15, -0.1) is 0 Å². The van der Waals surface area contributed by atoms with Crippen LogP contribution >= 0.6 is 11.8 Å². The standard InChI is InChI=1S/C14H29NO2S/c1-5-16-14(17-6-2)11-18-13-7-9-15(10-8-13)12(3)4/h12-14H,5-11H2,1-4H3. The van der Waals surface area contributed by atoms with Crippen LogP contribution in [-0.4, -0.2) is 54.5 Å². The molecule has 1 heterocycles. The number of nitrogens with zero attached hydrogens (tertiary/aromatic N) is 1.